The van der Waals surface area contributed by atoms with Gasteiger partial charge in [0.25, 0.3) is 0 Å². The summed E-state index contributed by atoms with van der Waals surface area (Å²) in [5, 5.41) is 14.0. The SMILES string of the molecule is O=C(O)CCn1cc(/C=C\C(=O)c2ccc(Cl)cc2)c(-c2ccc(Br)cc2)n1. The zero-order chi connectivity index (χ0) is 20.1. The summed E-state index contributed by atoms with van der Waals surface area (Å²) in [6.07, 6.45) is 4.88. The molecule has 1 aromatic heterocycles. The Balaban J connectivity index is 1.90. The van der Waals surface area contributed by atoms with Gasteiger partial charge in [0.2, 0.25) is 0 Å². The lowest BCUT2D eigenvalue weighted by atomic mass is 10.1. The van der Waals surface area contributed by atoms with E-state index in [4.69, 9.17) is 16.7 Å². The highest BCUT2D eigenvalue weighted by atomic mass is 79.9. The summed E-state index contributed by atoms with van der Waals surface area (Å²) in [7, 11) is 0. The smallest absolute Gasteiger partial charge is 0.305 e. The number of aliphatic carboxylic acids is 1. The molecule has 0 fully saturated rings. The van der Waals surface area contributed by atoms with E-state index in [1.54, 1.807) is 41.2 Å². The molecule has 5 nitrogen and oxygen atoms in total. The van der Waals surface area contributed by atoms with E-state index in [0.717, 1.165) is 15.6 Å². The molecule has 142 valence electrons. The largest absolute Gasteiger partial charge is 0.481 e. The van der Waals surface area contributed by atoms with Gasteiger partial charge in [-0.15, -0.1) is 0 Å². The van der Waals surface area contributed by atoms with Gasteiger partial charge in [0.05, 0.1) is 18.7 Å². The maximum atomic E-state index is 12.4. The first-order valence-corrected chi connectivity index (χ1v) is 9.62. The number of nitrogens with zero attached hydrogens (tertiary/aromatic N) is 2. The molecular weight excluding hydrogens is 444 g/mol. The van der Waals surface area contributed by atoms with Crippen LogP contribution in [-0.4, -0.2) is 26.6 Å². The lowest BCUT2D eigenvalue weighted by Gasteiger charge is -2.00. The average molecular weight is 460 g/mol. The number of allylic oxidation sites excluding steroid dienone is 1. The highest BCUT2D eigenvalue weighted by molar-refractivity contribution is 9.10. The van der Waals surface area contributed by atoms with Gasteiger partial charge in [-0.25, -0.2) is 0 Å². The molecule has 0 aliphatic heterocycles. The molecular formula is C21H16BrClN2O3. The molecule has 7 heteroatoms. The first kappa shape index (κ1) is 20.0. The second-order valence-electron chi connectivity index (χ2n) is 6.05. The maximum Gasteiger partial charge on any atom is 0.305 e. The molecule has 0 unspecified atom stereocenters. The van der Waals surface area contributed by atoms with E-state index in [-0.39, 0.29) is 18.7 Å². The lowest BCUT2D eigenvalue weighted by Crippen LogP contribution is -2.04. The molecule has 0 spiro atoms. The Morgan fingerprint density at radius 3 is 2.43 bits per heavy atom. The number of carbonyl (C=O) groups excluding carboxylic acids is 1. The molecule has 3 rings (SSSR count). The Kier molecular flexibility index (Phi) is 6.44. The van der Waals surface area contributed by atoms with Gasteiger partial charge in [-0.05, 0) is 48.6 Å². The third kappa shape index (κ3) is 5.18. The van der Waals surface area contributed by atoms with Crippen molar-refractivity contribution in [3.05, 3.63) is 81.4 Å². The molecule has 0 atom stereocenters. The fraction of sp³-hybridized carbons (Fsp3) is 0.0952. The Morgan fingerprint density at radius 2 is 1.79 bits per heavy atom. The summed E-state index contributed by atoms with van der Waals surface area (Å²) >= 11 is 9.26. The predicted molar refractivity (Wildman–Crippen MR) is 112 cm³/mol. The van der Waals surface area contributed by atoms with Crippen LogP contribution in [0.15, 0.2) is 65.3 Å². The predicted octanol–water partition coefficient (Wildman–Crippen LogP) is 5.34. The Labute approximate surface area is 175 Å². The van der Waals surface area contributed by atoms with Crippen molar-refractivity contribution in [2.45, 2.75) is 13.0 Å². The standard InChI is InChI=1S/C21H16BrClN2O3/c22-17-6-1-15(2-7-17)21-16(13-25(24-21)12-11-20(27)28)5-10-19(26)14-3-8-18(23)9-4-14/h1-10,13H,11-12H2,(H,27,28)/b10-5-. The molecule has 2 aromatic carbocycles. The summed E-state index contributed by atoms with van der Waals surface area (Å²) < 4.78 is 2.52. The number of benzene rings is 2. The van der Waals surface area contributed by atoms with Gasteiger partial charge >= 0.3 is 5.97 Å². The number of halogens is 2. The van der Waals surface area contributed by atoms with Gasteiger partial charge < -0.3 is 5.11 Å². The summed E-state index contributed by atoms with van der Waals surface area (Å²) in [5.41, 5.74) is 2.81. The molecule has 0 aliphatic carbocycles. The first-order valence-electron chi connectivity index (χ1n) is 8.45. The van der Waals surface area contributed by atoms with Crippen LogP contribution in [0.1, 0.15) is 22.3 Å². The molecule has 0 saturated heterocycles. The zero-order valence-electron chi connectivity index (χ0n) is 14.7. The Hall–Kier alpha value is -2.70. The van der Waals surface area contributed by atoms with Crippen LogP contribution >= 0.6 is 27.5 Å². The average Bonchev–Trinajstić information content (AvgIpc) is 3.09. The van der Waals surface area contributed by atoms with Crippen molar-refractivity contribution < 1.29 is 14.7 Å². The Morgan fingerprint density at radius 1 is 1.11 bits per heavy atom. The number of aryl methyl sites for hydroxylation is 1. The molecule has 1 N–H and O–H groups in total. The van der Waals surface area contributed by atoms with Gasteiger partial charge in [-0.1, -0.05) is 39.7 Å². The molecule has 3 aromatic rings. The van der Waals surface area contributed by atoms with Crippen LogP contribution in [-0.2, 0) is 11.3 Å². The van der Waals surface area contributed by atoms with Crippen LogP contribution in [0.25, 0.3) is 17.3 Å². The Bertz CT molecular complexity index is 1020. The van der Waals surface area contributed by atoms with E-state index >= 15 is 0 Å². The summed E-state index contributed by atoms with van der Waals surface area (Å²) in [6.45, 7) is 0.248. The minimum Gasteiger partial charge on any atom is -0.481 e. The van der Waals surface area contributed by atoms with Crippen LogP contribution in [0.2, 0.25) is 5.02 Å². The number of carboxylic acid groups (broad SMARTS) is 1. The van der Waals surface area contributed by atoms with Crippen molar-refractivity contribution in [1.82, 2.24) is 9.78 Å². The fourth-order valence-electron chi connectivity index (χ4n) is 2.59. The van der Waals surface area contributed by atoms with Crippen molar-refractivity contribution in [1.29, 1.82) is 0 Å². The van der Waals surface area contributed by atoms with Crippen LogP contribution in [0.3, 0.4) is 0 Å². The number of hydrogen-bond acceptors (Lipinski definition) is 3. The number of hydrogen-bond donors (Lipinski definition) is 1. The molecule has 0 amide bonds. The molecule has 0 saturated carbocycles. The number of aromatic nitrogens is 2. The maximum absolute atomic E-state index is 12.4. The minimum absolute atomic E-state index is 0.0334. The van der Waals surface area contributed by atoms with Crippen molar-refractivity contribution in [3.63, 3.8) is 0 Å². The molecule has 1 heterocycles. The molecule has 28 heavy (non-hydrogen) atoms. The summed E-state index contributed by atoms with van der Waals surface area (Å²) in [5.74, 6) is -1.05. The monoisotopic (exact) mass is 458 g/mol. The van der Waals surface area contributed by atoms with Gasteiger partial charge in [0.1, 0.15) is 0 Å². The fourth-order valence-corrected chi connectivity index (χ4v) is 2.98. The van der Waals surface area contributed by atoms with Gasteiger partial charge in [-0.2, -0.15) is 5.10 Å². The quantitative estimate of drug-likeness (QED) is 0.382. The normalized spacial score (nSPS) is 11.1. The number of rotatable bonds is 7. The second kappa shape index (κ2) is 8.99. The third-order valence-electron chi connectivity index (χ3n) is 4.01. The van der Waals surface area contributed by atoms with E-state index < -0.39 is 5.97 Å². The van der Waals surface area contributed by atoms with Crippen molar-refractivity contribution in [3.8, 4) is 11.3 Å². The summed E-state index contributed by atoms with van der Waals surface area (Å²) in [6, 6.07) is 14.3. The highest BCUT2D eigenvalue weighted by Crippen LogP contribution is 2.25. The van der Waals surface area contributed by atoms with Crippen molar-refractivity contribution in [2.24, 2.45) is 0 Å². The summed E-state index contributed by atoms with van der Waals surface area (Å²) in [4.78, 5) is 23.3. The molecule has 0 aliphatic rings. The second-order valence-corrected chi connectivity index (χ2v) is 7.40. The molecule has 0 radical (unpaired) electrons. The topological polar surface area (TPSA) is 72.2 Å². The first-order chi connectivity index (χ1) is 13.4. The van der Waals surface area contributed by atoms with Gasteiger partial charge in [0.15, 0.2) is 5.78 Å². The minimum atomic E-state index is -0.893. The van der Waals surface area contributed by atoms with Crippen molar-refractivity contribution in [2.75, 3.05) is 0 Å². The number of carbonyl (C=O) groups is 2. The van der Waals surface area contributed by atoms with Gasteiger partial charge in [0, 0.05) is 32.4 Å². The van der Waals surface area contributed by atoms with Crippen LogP contribution in [0.5, 0.6) is 0 Å². The molecule has 0 bridgehead atoms. The number of carboxylic acids is 1. The van der Waals surface area contributed by atoms with Crippen molar-refractivity contribution >= 4 is 45.4 Å². The van der Waals surface area contributed by atoms with E-state index in [1.165, 1.54) is 6.08 Å². The van der Waals surface area contributed by atoms with Crippen LogP contribution < -0.4 is 0 Å². The van der Waals surface area contributed by atoms with E-state index in [0.29, 0.717) is 16.3 Å². The zero-order valence-corrected chi connectivity index (χ0v) is 17.0. The van der Waals surface area contributed by atoms with Crippen LogP contribution in [0, 0.1) is 0 Å². The lowest BCUT2D eigenvalue weighted by molar-refractivity contribution is -0.137. The van der Waals surface area contributed by atoms with Gasteiger partial charge in [-0.3, -0.25) is 14.3 Å². The van der Waals surface area contributed by atoms with E-state index in [9.17, 15) is 9.59 Å². The van der Waals surface area contributed by atoms with E-state index in [1.807, 2.05) is 24.3 Å². The van der Waals surface area contributed by atoms with E-state index in [2.05, 4.69) is 21.0 Å². The van der Waals surface area contributed by atoms with Crippen LogP contribution in [0.4, 0.5) is 0 Å². The highest BCUT2D eigenvalue weighted by Gasteiger charge is 2.11. The number of ketones is 1. The third-order valence-corrected chi connectivity index (χ3v) is 4.79.